The highest BCUT2D eigenvalue weighted by Crippen LogP contribution is 2.53. The Morgan fingerprint density at radius 3 is 2.50 bits per heavy atom. The van der Waals surface area contributed by atoms with Crippen molar-refractivity contribution in [2.45, 2.75) is 49.9 Å². The van der Waals surface area contributed by atoms with E-state index < -0.39 is 58.0 Å². The number of likely N-dealkylation sites (N-methyl/N-ethyl adjacent to an activating group) is 1. The Morgan fingerprint density at radius 1 is 1.25 bits per heavy atom. The van der Waals surface area contributed by atoms with E-state index in [4.69, 9.17) is 17.3 Å². The molecule has 0 aliphatic heterocycles. The molecule has 1 aromatic rings. The van der Waals surface area contributed by atoms with Gasteiger partial charge in [0.05, 0.1) is 11.6 Å². The summed E-state index contributed by atoms with van der Waals surface area (Å²) in [6, 6.07) is 0.716. The number of halogens is 1. The largest absolute Gasteiger partial charge is 0.508 e. The van der Waals surface area contributed by atoms with Crippen LogP contribution in [-0.2, 0) is 27.3 Å². The molecule has 4 atom stereocenters. The number of carbonyl (C=O) groups excluding carboxylic acids is 3. The van der Waals surface area contributed by atoms with Crippen LogP contribution in [0.2, 0.25) is 5.02 Å². The maximum Gasteiger partial charge on any atom is 0.255 e. The van der Waals surface area contributed by atoms with Crippen molar-refractivity contribution in [3.8, 4) is 5.75 Å². The van der Waals surface area contributed by atoms with Crippen molar-refractivity contribution in [2.75, 3.05) is 14.1 Å². The molecule has 0 unspecified atom stereocenters. The summed E-state index contributed by atoms with van der Waals surface area (Å²) in [7, 11) is 3.11. The zero-order valence-corrected chi connectivity index (χ0v) is 20.6. The number of fused-ring (bicyclic) bond motifs is 3. The van der Waals surface area contributed by atoms with Crippen LogP contribution in [0.5, 0.6) is 5.75 Å². The summed E-state index contributed by atoms with van der Waals surface area (Å²) in [5.74, 6) is -6.80. The Hall–Kier alpha value is -2.92. The van der Waals surface area contributed by atoms with Crippen LogP contribution in [0.4, 0.5) is 0 Å². The number of aromatic hydroxyl groups is 1. The van der Waals surface area contributed by atoms with E-state index in [9.17, 15) is 34.8 Å². The Labute approximate surface area is 212 Å². The molecule has 0 radical (unpaired) electrons. The fourth-order valence-electron chi connectivity index (χ4n) is 6.02. The number of phenolic OH excluding ortho intramolecular Hbond substituents is 1. The molecule has 4 aliphatic rings. The van der Waals surface area contributed by atoms with Crippen LogP contribution >= 0.6 is 11.6 Å². The predicted molar refractivity (Wildman–Crippen MR) is 129 cm³/mol. The van der Waals surface area contributed by atoms with E-state index in [-0.39, 0.29) is 29.7 Å². The molecule has 0 spiro atoms. The van der Waals surface area contributed by atoms with Gasteiger partial charge in [0, 0.05) is 29.1 Å². The number of rotatable bonds is 5. The number of aliphatic hydroxyl groups excluding tert-OH is 2. The van der Waals surface area contributed by atoms with Gasteiger partial charge in [-0.2, -0.15) is 0 Å². The maximum atomic E-state index is 13.8. The van der Waals surface area contributed by atoms with Gasteiger partial charge in [-0.25, -0.2) is 0 Å². The third-order valence-corrected chi connectivity index (χ3v) is 8.36. The van der Waals surface area contributed by atoms with Crippen molar-refractivity contribution in [3.05, 3.63) is 44.7 Å². The van der Waals surface area contributed by atoms with E-state index in [2.05, 4.69) is 5.32 Å². The van der Waals surface area contributed by atoms with E-state index in [0.29, 0.717) is 28.7 Å². The van der Waals surface area contributed by atoms with Crippen molar-refractivity contribution in [1.29, 1.82) is 0 Å². The lowest BCUT2D eigenvalue weighted by molar-refractivity contribution is -0.153. The zero-order valence-electron chi connectivity index (χ0n) is 19.8. The average molecular weight is 518 g/mol. The molecule has 0 heterocycles. The van der Waals surface area contributed by atoms with Gasteiger partial charge >= 0.3 is 0 Å². The number of primary amides is 1. The van der Waals surface area contributed by atoms with Crippen LogP contribution < -0.4 is 11.1 Å². The topological polar surface area (TPSA) is 173 Å². The molecule has 1 aromatic carbocycles. The van der Waals surface area contributed by atoms with Gasteiger partial charge < -0.3 is 31.5 Å². The molecule has 11 heteroatoms. The predicted octanol–water partition coefficient (Wildman–Crippen LogP) is 0.869. The minimum absolute atomic E-state index is 0.00791. The lowest BCUT2D eigenvalue weighted by atomic mass is 9.57. The number of nitrogens with two attached hydrogens (primary N) is 1. The second kappa shape index (κ2) is 8.31. The SMILES string of the molecule is CN(C)[C@@H]1C(=O)C(C(N)=O)=C(O)[C@@]2(O)C(=O)C3=C(O)c4c(O)cc(CNC5CC5)c(Cl)c4C[C@H]3C[C@@H]12. The molecular weight excluding hydrogens is 490 g/mol. The summed E-state index contributed by atoms with van der Waals surface area (Å²) in [5, 5.41) is 48.1. The lowest BCUT2D eigenvalue weighted by Crippen LogP contribution is -2.65. The van der Waals surface area contributed by atoms with Gasteiger partial charge in [0.25, 0.3) is 5.91 Å². The second-order valence-electron chi connectivity index (χ2n) is 10.3. The molecular formula is C25H28ClN3O7. The molecule has 36 heavy (non-hydrogen) atoms. The number of nitrogens with one attached hydrogen (secondary N) is 1. The second-order valence-corrected chi connectivity index (χ2v) is 10.7. The van der Waals surface area contributed by atoms with E-state index in [0.717, 1.165) is 12.8 Å². The molecule has 2 fully saturated rings. The molecule has 0 saturated heterocycles. The minimum Gasteiger partial charge on any atom is -0.508 e. The molecule has 0 aromatic heterocycles. The van der Waals surface area contributed by atoms with Gasteiger partial charge in [0.1, 0.15) is 22.8 Å². The van der Waals surface area contributed by atoms with Gasteiger partial charge in [-0.15, -0.1) is 0 Å². The van der Waals surface area contributed by atoms with Crippen LogP contribution in [0.3, 0.4) is 0 Å². The smallest absolute Gasteiger partial charge is 0.255 e. The van der Waals surface area contributed by atoms with Crippen molar-refractivity contribution in [1.82, 2.24) is 10.2 Å². The fraction of sp³-hybridized carbons (Fsp3) is 0.480. The first-order valence-electron chi connectivity index (χ1n) is 11.8. The average Bonchev–Trinajstić information content (AvgIpc) is 3.61. The first-order valence-corrected chi connectivity index (χ1v) is 12.2. The van der Waals surface area contributed by atoms with Crippen molar-refractivity contribution in [2.24, 2.45) is 17.6 Å². The van der Waals surface area contributed by atoms with Crippen LogP contribution in [0.1, 0.15) is 36.0 Å². The summed E-state index contributed by atoms with van der Waals surface area (Å²) >= 11 is 6.70. The van der Waals surface area contributed by atoms with Crippen LogP contribution in [0.15, 0.2) is 23.0 Å². The molecule has 192 valence electrons. The maximum absolute atomic E-state index is 13.8. The third kappa shape index (κ3) is 3.39. The number of Topliss-reactive ketones (excluding diaryl/α,β-unsaturated/α-hetero) is 2. The summed E-state index contributed by atoms with van der Waals surface area (Å²) in [5.41, 5.74) is 2.75. The normalized spacial score (nSPS) is 29.9. The Morgan fingerprint density at radius 2 is 1.92 bits per heavy atom. The number of hydrogen-bond donors (Lipinski definition) is 6. The molecule has 5 rings (SSSR count). The number of hydrogen-bond acceptors (Lipinski definition) is 9. The monoisotopic (exact) mass is 517 g/mol. The Kier molecular flexibility index (Phi) is 5.71. The summed E-state index contributed by atoms with van der Waals surface area (Å²) in [6.45, 7) is 0.430. The van der Waals surface area contributed by atoms with Gasteiger partial charge in [0.2, 0.25) is 5.78 Å². The van der Waals surface area contributed by atoms with E-state index in [1.807, 2.05) is 0 Å². The molecule has 2 saturated carbocycles. The van der Waals surface area contributed by atoms with E-state index in [1.54, 1.807) is 14.1 Å². The molecule has 1 amide bonds. The summed E-state index contributed by atoms with van der Waals surface area (Å²) in [4.78, 5) is 40.4. The molecule has 10 nitrogen and oxygen atoms in total. The number of aliphatic hydroxyl groups is 3. The zero-order chi connectivity index (χ0) is 26.3. The number of amides is 1. The van der Waals surface area contributed by atoms with Crippen molar-refractivity contribution >= 4 is 34.8 Å². The highest BCUT2D eigenvalue weighted by atomic mass is 35.5. The number of nitrogens with zero attached hydrogens (tertiary/aromatic N) is 1. The van der Waals surface area contributed by atoms with Crippen LogP contribution in [0, 0.1) is 11.8 Å². The van der Waals surface area contributed by atoms with Crippen molar-refractivity contribution < 1.29 is 34.8 Å². The number of carbonyl (C=O) groups is 3. The quantitative estimate of drug-likeness (QED) is 0.310. The van der Waals surface area contributed by atoms with Gasteiger partial charge in [-0.1, -0.05) is 11.6 Å². The van der Waals surface area contributed by atoms with E-state index in [1.165, 1.54) is 11.0 Å². The van der Waals surface area contributed by atoms with Gasteiger partial charge in [-0.05, 0) is 62.9 Å². The van der Waals surface area contributed by atoms with Gasteiger partial charge in [0.15, 0.2) is 11.4 Å². The minimum atomic E-state index is -2.65. The molecule has 0 bridgehead atoms. The Balaban J connectivity index is 1.66. The standard InChI is InChI=1S/C25H28ClN3O7/c1-29(2)19-13-6-9-5-12-16(14(30)7-10(18(12)26)8-28-11-3-4-11)20(31)15(9)22(33)25(13,36)23(34)17(21(19)32)24(27)35/h7,9,11,13,19,28,30-31,34,36H,3-6,8H2,1-2H3,(H2,27,35)/t9-,13-,19-,25-/m0/s1. The van der Waals surface area contributed by atoms with E-state index >= 15 is 0 Å². The highest BCUT2D eigenvalue weighted by molar-refractivity contribution is 6.32. The molecule has 4 aliphatic carbocycles. The van der Waals surface area contributed by atoms with Crippen molar-refractivity contribution in [3.63, 3.8) is 0 Å². The third-order valence-electron chi connectivity index (χ3n) is 7.89. The number of phenols is 1. The first kappa shape index (κ1) is 24.8. The fourth-order valence-corrected chi connectivity index (χ4v) is 6.31. The van der Waals surface area contributed by atoms with Crippen LogP contribution in [0.25, 0.3) is 5.76 Å². The lowest BCUT2D eigenvalue weighted by Gasteiger charge is -2.50. The highest BCUT2D eigenvalue weighted by Gasteiger charge is 2.64. The number of ketones is 2. The summed E-state index contributed by atoms with van der Waals surface area (Å²) < 4.78 is 0. The molecule has 7 N–H and O–H groups in total. The Bertz CT molecular complexity index is 1280. The summed E-state index contributed by atoms with van der Waals surface area (Å²) in [6.07, 6.45) is 2.33. The first-order chi connectivity index (χ1) is 16.9. The van der Waals surface area contributed by atoms with Crippen LogP contribution in [-0.4, -0.2) is 74.6 Å². The number of benzene rings is 1. The van der Waals surface area contributed by atoms with Gasteiger partial charge in [-0.3, -0.25) is 19.3 Å².